The van der Waals surface area contributed by atoms with Crippen molar-refractivity contribution in [3.8, 4) is 0 Å². The Morgan fingerprint density at radius 3 is 2.18 bits per heavy atom. The molecule has 0 amide bonds. The van der Waals surface area contributed by atoms with Gasteiger partial charge >= 0.3 is 5.56 Å². The van der Waals surface area contributed by atoms with E-state index < -0.39 is 5.56 Å². The number of benzene rings is 1. The van der Waals surface area contributed by atoms with Gasteiger partial charge in [0.2, 0.25) is 0 Å². The lowest BCUT2D eigenvalue weighted by Crippen LogP contribution is -2.37. The first-order chi connectivity index (χ1) is 5.17. The summed E-state index contributed by atoms with van der Waals surface area (Å²) in [6, 6.07) is 10.1. The topological polar surface area (TPSA) is 9.23 Å². The zero-order valence-corrected chi connectivity index (χ0v) is 10.2. The van der Waals surface area contributed by atoms with Gasteiger partial charge in [-0.25, -0.2) is 0 Å². The standard InChI is InChI=1S/C7H8Br2OSi/c1-10-11(8,9)7-5-3-2-4-6-7/h2-6H,1H3. The molecule has 0 radical (unpaired) electrons. The Hall–Kier alpha value is 0.357. The summed E-state index contributed by atoms with van der Waals surface area (Å²) < 4.78 is 5.30. The van der Waals surface area contributed by atoms with Gasteiger partial charge in [-0.2, -0.15) is 0 Å². The molecule has 1 rings (SSSR count). The molecule has 0 fully saturated rings. The molecule has 0 heterocycles. The summed E-state index contributed by atoms with van der Waals surface area (Å²) >= 11 is 7.04. The van der Waals surface area contributed by atoms with Crippen LogP contribution in [0.5, 0.6) is 0 Å². The normalized spacial score (nSPS) is 11.5. The lowest BCUT2D eigenvalue weighted by atomic mass is 10.4. The van der Waals surface area contributed by atoms with Crippen LogP contribution in [0.25, 0.3) is 0 Å². The lowest BCUT2D eigenvalue weighted by Gasteiger charge is -2.14. The van der Waals surface area contributed by atoms with Crippen molar-refractivity contribution in [3.05, 3.63) is 30.3 Å². The van der Waals surface area contributed by atoms with Gasteiger partial charge in [0.05, 0.1) is 0 Å². The molecule has 60 valence electrons. The average molecular weight is 296 g/mol. The maximum Gasteiger partial charge on any atom is 0.369 e. The molecule has 0 unspecified atom stereocenters. The van der Waals surface area contributed by atoms with E-state index in [1.165, 1.54) is 5.19 Å². The van der Waals surface area contributed by atoms with Crippen molar-refractivity contribution in [1.29, 1.82) is 0 Å². The summed E-state index contributed by atoms with van der Waals surface area (Å²) in [5, 5.41) is 1.18. The minimum Gasteiger partial charge on any atom is -0.399 e. The molecule has 0 aliphatic carbocycles. The highest BCUT2D eigenvalue weighted by Crippen LogP contribution is 2.19. The van der Waals surface area contributed by atoms with Crippen LogP contribution in [0.2, 0.25) is 0 Å². The fourth-order valence-electron chi connectivity index (χ4n) is 0.750. The first-order valence-corrected chi connectivity index (χ1v) is 9.57. The van der Waals surface area contributed by atoms with Gasteiger partial charge in [0.15, 0.2) is 0 Å². The molecule has 0 aromatic heterocycles. The predicted molar refractivity (Wildman–Crippen MR) is 56.7 cm³/mol. The molecule has 1 aromatic rings. The van der Waals surface area contributed by atoms with E-state index in [2.05, 4.69) is 30.6 Å². The van der Waals surface area contributed by atoms with E-state index in [-0.39, 0.29) is 0 Å². The Balaban J connectivity index is 2.93. The quantitative estimate of drug-likeness (QED) is 0.601. The van der Waals surface area contributed by atoms with Crippen LogP contribution in [0.3, 0.4) is 0 Å². The fourth-order valence-corrected chi connectivity index (χ4v) is 3.15. The Morgan fingerprint density at radius 2 is 1.73 bits per heavy atom. The third-order valence-electron chi connectivity index (χ3n) is 1.37. The smallest absolute Gasteiger partial charge is 0.369 e. The molecular formula is C7H8Br2OSi. The molecule has 0 N–H and O–H groups in total. The van der Waals surface area contributed by atoms with Crippen LogP contribution in [-0.4, -0.2) is 12.7 Å². The molecular weight excluding hydrogens is 288 g/mol. The largest absolute Gasteiger partial charge is 0.399 e. The molecule has 1 aromatic carbocycles. The predicted octanol–water partition coefficient (Wildman–Crippen LogP) is 2.27. The Labute approximate surface area is 83.0 Å². The van der Waals surface area contributed by atoms with Gasteiger partial charge in [-0.15, -0.1) is 0 Å². The molecule has 4 heteroatoms. The highest BCUT2D eigenvalue weighted by atomic mass is 79.9. The van der Waals surface area contributed by atoms with Crippen molar-refractivity contribution in [2.24, 2.45) is 0 Å². The summed E-state index contributed by atoms with van der Waals surface area (Å²) in [5.74, 6) is 0. The molecule has 0 saturated carbocycles. The Kier molecular flexibility index (Phi) is 3.30. The number of rotatable bonds is 2. The fraction of sp³-hybridized carbons (Fsp3) is 0.143. The second-order valence-electron chi connectivity index (χ2n) is 2.09. The maximum atomic E-state index is 5.30. The van der Waals surface area contributed by atoms with Crippen LogP contribution in [0.1, 0.15) is 0 Å². The Bertz CT molecular complexity index is 225. The van der Waals surface area contributed by atoms with Crippen molar-refractivity contribution >= 4 is 41.3 Å². The third kappa shape index (κ3) is 2.40. The molecule has 1 nitrogen and oxygen atoms in total. The molecule has 0 aliphatic rings. The summed E-state index contributed by atoms with van der Waals surface area (Å²) in [4.78, 5) is 0. The van der Waals surface area contributed by atoms with Crippen molar-refractivity contribution < 1.29 is 4.43 Å². The van der Waals surface area contributed by atoms with Crippen LogP contribution < -0.4 is 5.19 Å². The minimum atomic E-state index is -1.93. The molecule has 0 bridgehead atoms. The SMILES string of the molecule is CO[Si](Br)(Br)c1ccccc1. The van der Waals surface area contributed by atoms with E-state index in [1.54, 1.807) is 7.11 Å². The highest BCUT2D eigenvalue weighted by molar-refractivity contribution is 9.51. The highest BCUT2D eigenvalue weighted by Gasteiger charge is 2.29. The molecule has 11 heavy (non-hydrogen) atoms. The van der Waals surface area contributed by atoms with Crippen LogP contribution in [-0.2, 0) is 4.43 Å². The summed E-state index contributed by atoms with van der Waals surface area (Å²) in [5.41, 5.74) is -1.93. The van der Waals surface area contributed by atoms with Crippen LogP contribution >= 0.6 is 30.6 Å². The van der Waals surface area contributed by atoms with E-state index in [1.807, 2.05) is 30.3 Å². The van der Waals surface area contributed by atoms with E-state index >= 15 is 0 Å². The summed E-state index contributed by atoms with van der Waals surface area (Å²) in [6.45, 7) is 0. The van der Waals surface area contributed by atoms with E-state index in [9.17, 15) is 0 Å². The van der Waals surface area contributed by atoms with Gasteiger partial charge in [-0.05, 0) is 5.19 Å². The summed E-state index contributed by atoms with van der Waals surface area (Å²) in [6.07, 6.45) is 0. The van der Waals surface area contributed by atoms with Gasteiger partial charge in [0.1, 0.15) is 0 Å². The molecule has 0 atom stereocenters. The van der Waals surface area contributed by atoms with E-state index in [0.717, 1.165) is 0 Å². The van der Waals surface area contributed by atoms with Crippen molar-refractivity contribution in [1.82, 2.24) is 0 Å². The average Bonchev–Trinajstić information content (AvgIpc) is 2.06. The Morgan fingerprint density at radius 1 is 1.18 bits per heavy atom. The second-order valence-corrected chi connectivity index (χ2v) is 14.0. The van der Waals surface area contributed by atoms with Gasteiger partial charge in [-0.3, -0.25) is 0 Å². The minimum absolute atomic E-state index is 1.18. The third-order valence-corrected chi connectivity index (χ3v) is 7.57. The monoisotopic (exact) mass is 294 g/mol. The van der Waals surface area contributed by atoms with Crippen LogP contribution in [0.4, 0.5) is 0 Å². The molecule has 0 aliphatic heterocycles. The van der Waals surface area contributed by atoms with Gasteiger partial charge in [0.25, 0.3) is 0 Å². The van der Waals surface area contributed by atoms with Crippen molar-refractivity contribution in [2.75, 3.05) is 7.11 Å². The van der Waals surface area contributed by atoms with E-state index in [4.69, 9.17) is 4.43 Å². The lowest BCUT2D eigenvalue weighted by molar-refractivity contribution is 0.442. The number of hydrogen-bond acceptors (Lipinski definition) is 1. The zero-order valence-electron chi connectivity index (χ0n) is 6.05. The number of halogens is 2. The molecule has 0 saturated heterocycles. The van der Waals surface area contributed by atoms with E-state index in [0.29, 0.717) is 0 Å². The number of hydrogen-bond donors (Lipinski definition) is 0. The van der Waals surface area contributed by atoms with Gasteiger partial charge < -0.3 is 4.43 Å². The van der Waals surface area contributed by atoms with Crippen molar-refractivity contribution in [2.45, 2.75) is 0 Å². The first-order valence-electron chi connectivity index (χ1n) is 3.15. The van der Waals surface area contributed by atoms with Gasteiger partial charge in [0, 0.05) is 7.11 Å². The second kappa shape index (κ2) is 3.84. The van der Waals surface area contributed by atoms with Crippen LogP contribution in [0, 0.1) is 0 Å². The zero-order chi connectivity index (χ0) is 8.32. The molecule has 0 spiro atoms. The summed E-state index contributed by atoms with van der Waals surface area (Å²) in [7, 11) is 1.70. The maximum absolute atomic E-state index is 5.30. The van der Waals surface area contributed by atoms with Crippen LogP contribution in [0.15, 0.2) is 30.3 Å². The first kappa shape index (κ1) is 9.44. The van der Waals surface area contributed by atoms with Crippen molar-refractivity contribution in [3.63, 3.8) is 0 Å². The van der Waals surface area contributed by atoms with Gasteiger partial charge in [-0.1, -0.05) is 60.9 Å².